The Labute approximate surface area is 139 Å². The molecule has 1 amide bonds. The molecule has 0 unspecified atom stereocenters. The third kappa shape index (κ3) is 4.49. The lowest BCUT2D eigenvalue weighted by atomic mass is 9.91. The summed E-state index contributed by atoms with van der Waals surface area (Å²) in [4.78, 5) is 21.6. The summed E-state index contributed by atoms with van der Waals surface area (Å²) in [6.07, 6.45) is 3.54. The summed E-state index contributed by atoms with van der Waals surface area (Å²) in [6.45, 7) is -0.502. The minimum absolute atomic E-state index is 0.144. The minimum Gasteiger partial charge on any atom is -0.351 e. The van der Waals surface area contributed by atoms with Gasteiger partial charge in [-0.15, -0.1) is 0 Å². The number of sulfonamides is 1. The van der Waals surface area contributed by atoms with Crippen LogP contribution in [0.5, 0.6) is 0 Å². The fourth-order valence-electron chi connectivity index (χ4n) is 2.67. The highest BCUT2D eigenvalue weighted by Gasteiger charge is 2.27. The van der Waals surface area contributed by atoms with E-state index < -0.39 is 38.0 Å². The van der Waals surface area contributed by atoms with Crippen molar-refractivity contribution in [1.29, 1.82) is 0 Å². The molecular weight excluding hydrogens is 336 g/mol. The lowest BCUT2D eigenvalue weighted by Gasteiger charge is -2.29. The van der Waals surface area contributed by atoms with Crippen LogP contribution in [0.15, 0.2) is 29.2 Å². The number of benzene rings is 1. The Morgan fingerprint density at radius 1 is 1.29 bits per heavy atom. The summed E-state index contributed by atoms with van der Waals surface area (Å²) in [5.74, 6) is -0.514. The molecule has 0 spiro atoms. The minimum atomic E-state index is -4.17. The van der Waals surface area contributed by atoms with E-state index in [1.165, 1.54) is 12.1 Å². The standard InChI is InChI=1S/C14H20N4O5S/c15-10-5-1-2-6-11(10)17-14(19)9-16-24(22,23)13-8-4-3-7-12(13)18(20)21/h3-4,7-8,10-11,16H,1-2,5-6,9,15H2,(H,17,19)/t10-,11-/m1/s1. The fourth-order valence-corrected chi connectivity index (χ4v) is 3.82. The van der Waals surface area contributed by atoms with Crippen LogP contribution in [-0.4, -0.2) is 37.9 Å². The van der Waals surface area contributed by atoms with Crippen LogP contribution in [0.3, 0.4) is 0 Å². The van der Waals surface area contributed by atoms with Crippen LogP contribution in [0.1, 0.15) is 25.7 Å². The van der Waals surface area contributed by atoms with Gasteiger partial charge in [0, 0.05) is 18.2 Å². The Morgan fingerprint density at radius 3 is 2.62 bits per heavy atom. The van der Waals surface area contributed by atoms with Gasteiger partial charge in [-0.25, -0.2) is 13.1 Å². The molecule has 0 bridgehead atoms. The Hall–Kier alpha value is -2.04. The number of nitrogens with one attached hydrogen (secondary N) is 2. The van der Waals surface area contributed by atoms with Crippen molar-refractivity contribution in [2.24, 2.45) is 5.73 Å². The SMILES string of the molecule is N[C@@H]1CCCC[C@H]1NC(=O)CNS(=O)(=O)c1ccccc1[N+](=O)[O-]. The number of carbonyl (C=O) groups is 1. The number of amides is 1. The van der Waals surface area contributed by atoms with Crippen molar-refractivity contribution in [2.45, 2.75) is 42.7 Å². The second-order valence-corrected chi connectivity index (χ2v) is 7.41. The van der Waals surface area contributed by atoms with Gasteiger partial charge in [0.1, 0.15) is 0 Å². The molecule has 4 N–H and O–H groups in total. The van der Waals surface area contributed by atoms with Crippen LogP contribution in [-0.2, 0) is 14.8 Å². The van der Waals surface area contributed by atoms with Crippen LogP contribution in [0.4, 0.5) is 5.69 Å². The van der Waals surface area contributed by atoms with E-state index in [1.54, 1.807) is 0 Å². The fraction of sp³-hybridized carbons (Fsp3) is 0.500. The van der Waals surface area contributed by atoms with Crippen LogP contribution in [0, 0.1) is 10.1 Å². The molecule has 2 atom stereocenters. The number of nitrogens with zero attached hydrogens (tertiary/aromatic N) is 1. The molecule has 1 aliphatic carbocycles. The molecule has 0 heterocycles. The van der Waals surface area contributed by atoms with Crippen LogP contribution in [0.2, 0.25) is 0 Å². The summed E-state index contributed by atoms with van der Waals surface area (Å²) in [5, 5.41) is 13.6. The molecule has 132 valence electrons. The number of hydrogen-bond donors (Lipinski definition) is 3. The Kier molecular flexibility index (Phi) is 5.86. The van der Waals surface area contributed by atoms with E-state index in [0.717, 1.165) is 37.8 Å². The molecule has 1 fully saturated rings. The number of para-hydroxylation sites is 1. The maximum absolute atomic E-state index is 12.2. The number of nitrogens with two attached hydrogens (primary N) is 1. The molecule has 2 rings (SSSR count). The summed E-state index contributed by atoms with van der Waals surface area (Å²) in [5.41, 5.74) is 5.38. The number of nitro benzene ring substituents is 1. The first-order valence-corrected chi connectivity index (χ1v) is 9.07. The van der Waals surface area contributed by atoms with Crippen molar-refractivity contribution in [1.82, 2.24) is 10.0 Å². The maximum atomic E-state index is 12.2. The largest absolute Gasteiger partial charge is 0.351 e. The van der Waals surface area contributed by atoms with Crippen LogP contribution in [0.25, 0.3) is 0 Å². The quantitative estimate of drug-likeness (QED) is 0.492. The summed E-state index contributed by atoms with van der Waals surface area (Å²) in [6, 6.07) is 4.64. The second kappa shape index (κ2) is 7.69. The molecule has 0 aliphatic heterocycles. The average molecular weight is 356 g/mol. The first-order chi connectivity index (χ1) is 11.3. The summed E-state index contributed by atoms with van der Waals surface area (Å²) in [7, 11) is -4.17. The topological polar surface area (TPSA) is 144 Å². The first kappa shape index (κ1) is 18.3. The van der Waals surface area contributed by atoms with Gasteiger partial charge in [-0.05, 0) is 18.9 Å². The molecule has 0 radical (unpaired) electrons. The predicted octanol–water partition coefficient (Wildman–Crippen LogP) is 0.259. The Balaban J connectivity index is 2.00. The lowest BCUT2D eigenvalue weighted by molar-refractivity contribution is -0.387. The van der Waals surface area contributed by atoms with E-state index in [9.17, 15) is 23.3 Å². The molecule has 1 aromatic rings. The van der Waals surface area contributed by atoms with Gasteiger partial charge in [0.05, 0.1) is 11.5 Å². The molecule has 0 aromatic heterocycles. The summed E-state index contributed by atoms with van der Waals surface area (Å²) >= 11 is 0. The van der Waals surface area contributed by atoms with Crippen molar-refractivity contribution in [3.05, 3.63) is 34.4 Å². The molecule has 1 saturated carbocycles. The highest BCUT2D eigenvalue weighted by Crippen LogP contribution is 2.22. The third-order valence-electron chi connectivity index (χ3n) is 3.94. The molecule has 10 heteroatoms. The normalized spacial score (nSPS) is 21.2. The van der Waals surface area contributed by atoms with Gasteiger partial charge in [0.25, 0.3) is 5.69 Å². The van der Waals surface area contributed by atoms with Gasteiger partial charge in [-0.3, -0.25) is 14.9 Å². The first-order valence-electron chi connectivity index (χ1n) is 7.59. The molecule has 1 aromatic carbocycles. The number of rotatable bonds is 6. The van der Waals surface area contributed by atoms with Crippen molar-refractivity contribution in [3.8, 4) is 0 Å². The number of carbonyl (C=O) groups excluding carboxylic acids is 1. The Bertz CT molecular complexity index is 722. The zero-order valence-electron chi connectivity index (χ0n) is 13.0. The summed E-state index contributed by atoms with van der Waals surface area (Å²) < 4.78 is 26.5. The smallest absolute Gasteiger partial charge is 0.289 e. The van der Waals surface area contributed by atoms with Gasteiger partial charge in [0.15, 0.2) is 4.90 Å². The predicted molar refractivity (Wildman–Crippen MR) is 86.7 cm³/mol. The van der Waals surface area contributed by atoms with Gasteiger partial charge in [-0.1, -0.05) is 25.0 Å². The van der Waals surface area contributed by atoms with Crippen molar-refractivity contribution in [3.63, 3.8) is 0 Å². The van der Waals surface area contributed by atoms with E-state index in [2.05, 4.69) is 10.0 Å². The molecule has 0 saturated heterocycles. The monoisotopic (exact) mass is 356 g/mol. The van der Waals surface area contributed by atoms with E-state index in [4.69, 9.17) is 5.73 Å². The molecule has 1 aliphatic rings. The highest BCUT2D eigenvalue weighted by atomic mass is 32.2. The third-order valence-corrected chi connectivity index (χ3v) is 5.39. The molecule has 24 heavy (non-hydrogen) atoms. The average Bonchev–Trinajstić information content (AvgIpc) is 2.55. The highest BCUT2D eigenvalue weighted by molar-refractivity contribution is 7.89. The van der Waals surface area contributed by atoms with Crippen LogP contribution >= 0.6 is 0 Å². The van der Waals surface area contributed by atoms with Crippen molar-refractivity contribution >= 4 is 21.6 Å². The van der Waals surface area contributed by atoms with E-state index in [0.29, 0.717) is 0 Å². The van der Waals surface area contributed by atoms with E-state index >= 15 is 0 Å². The maximum Gasteiger partial charge on any atom is 0.289 e. The van der Waals surface area contributed by atoms with Crippen LogP contribution < -0.4 is 15.8 Å². The second-order valence-electron chi connectivity index (χ2n) is 5.67. The van der Waals surface area contributed by atoms with E-state index in [1.807, 2.05) is 0 Å². The van der Waals surface area contributed by atoms with Crippen molar-refractivity contribution in [2.75, 3.05) is 6.54 Å². The zero-order chi connectivity index (χ0) is 17.7. The van der Waals surface area contributed by atoms with Crippen molar-refractivity contribution < 1.29 is 18.1 Å². The number of nitro groups is 1. The number of hydrogen-bond acceptors (Lipinski definition) is 6. The zero-order valence-corrected chi connectivity index (χ0v) is 13.8. The van der Waals surface area contributed by atoms with Gasteiger partial charge >= 0.3 is 0 Å². The van der Waals surface area contributed by atoms with E-state index in [-0.39, 0.29) is 12.1 Å². The molecule has 9 nitrogen and oxygen atoms in total. The van der Waals surface area contributed by atoms with Gasteiger partial charge < -0.3 is 11.1 Å². The van der Waals surface area contributed by atoms with Gasteiger partial charge in [0.2, 0.25) is 15.9 Å². The lowest BCUT2D eigenvalue weighted by Crippen LogP contribution is -2.51. The van der Waals surface area contributed by atoms with Gasteiger partial charge in [-0.2, -0.15) is 0 Å². The molecular formula is C14H20N4O5S. The Morgan fingerprint density at radius 2 is 1.96 bits per heavy atom.